The second kappa shape index (κ2) is 20.4. The first-order valence-corrected chi connectivity index (χ1v) is 26.8. The maximum Gasteiger partial charge on any atom is 0.338 e. The van der Waals surface area contributed by atoms with E-state index in [9.17, 15) is 14.7 Å². The Balaban J connectivity index is 0.723. The summed E-state index contributed by atoms with van der Waals surface area (Å²) in [4.78, 5) is 24.9. The molecule has 1 aromatic carbocycles. The number of carbonyl (C=O) groups is 2. The summed E-state index contributed by atoms with van der Waals surface area (Å²) in [5.41, 5.74) is 0.0913. The highest BCUT2D eigenvalue weighted by molar-refractivity contribution is 5.89. The van der Waals surface area contributed by atoms with Crippen LogP contribution < -0.4 is 0 Å². The molecule has 8 fully saturated rings. The standard InChI is InChI=1S/C56H76O14/c1-31-22-42-45(27-51(58)66-42)65-50-26-44-46(70-55(50,4)28-31)23-33(3)52-41(63-44)16-10-9-15-37-38(67-52)17-11-19-40-39(62-37)18-12-20-49-56(5,69-40)29-48-43(64-49)25-47-53(68-48)36(57)24-35(61-47)21-32(2)30-60-54(59)34-13-7-6-8-14-34/h6-11,13-14,19,31,33,35-50,52-53,57H,2,12,15-18,20-30H2,1,3-5H3/t31?,33-,35+,36-,37?,38-,39?,40+,41?,42-,43?,44?,45?,46-,47?,48+,49?,50?,52+,53-,55+,56-/m0/s1. The van der Waals surface area contributed by atoms with Crippen molar-refractivity contribution in [3.05, 3.63) is 72.4 Å². The number of aliphatic hydroxyl groups is 1. The number of esters is 2. The molecule has 1 N–H and O–H groups in total. The topological polar surface area (TPSA) is 156 Å². The first-order chi connectivity index (χ1) is 33.8. The van der Waals surface area contributed by atoms with E-state index < -0.39 is 29.4 Å². The number of hydrogen-bond acceptors (Lipinski definition) is 14. The van der Waals surface area contributed by atoms with Crippen molar-refractivity contribution in [1.29, 1.82) is 0 Å². The number of aliphatic hydroxyl groups excluding tert-OH is 1. The molecule has 70 heavy (non-hydrogen) atoms. The Morgan fingerprint density at radius 1 is 0.686 bits per heavy atom. The van der Waals surface area contributed by atoms with E-state index in [1.54, 1.807) is 24.3 Å². The van der Waals surface area contributed by atoms with Gasteiger partial charge in [0.1, 0.15) is 31.0 Å². The first-order valence-electron chi connectivity index (χ1n) is 26.8. The molecule has 1 aromatic rings. The number of carbonyl (C=O) groups excluding carboxylic acids is 2. The van der Waals surface area contributed by atoms with Crippen LogP contribution in [-0.2, 0) is 56.9 Å². The smallest absolute Gasteiger partial charge is 0.338 e. The largest absolute Gasteiger partial charge is 0.459 e. The Hall–Kier alpha value is -3.02. The molecular formula is C56H76O14. The third-order valence-electron chi connectivity index (χ3n) is 17.4. The SMILES string of the molecule is C=C(COC(=O)c1ccccc1)C[C@@H]1C[C@H](O)[C@@H]2O[C@@H]3C[C@]4(C)O[C@@H]5C=CC[C@@H]6O[C@H]7C(CC=CCC6OC5CCCC4OC3CC2O1)OC1CC2OC3CC(=O)O[C@H]3CC(C)C[C@@]2(C)O[C@H]1C[C@@H]7C. The fourth-order valence-electron chi connectivity index (χ4n) is 14.0. The Bertz CT molecular complexity index is 2100. The van der Waals surface area contributed by atoms with Crippen molar-refractivity contribution < 1.29 is 66.8 Å². The zero-order chi connectivity index (χ0) is 48.3. The third kappa shape index (κ3) is 10.3. The molecule has 8 saturated heterocycles. The van der Waals surface area contributed by atoms with Gasteiger partial charge in [0.05, 0.1) is 109 Å². The Labute approximate surface area is 413 Å². The lowest BCUT2D eigenvalue weighted by molar-refractivity contribution is -0.316. The van der Waals surface area contributed by atoms with E-state index in [-0.39, 0.29) is 116 Å². The highest BCUT2D eigenvalue weighted by atomic mass is 16.6. The van der Waals surface area contributed by atoms with Crippen molar-refractivity contribution in [2.24, 2.45) is 11.8 Å². The van der Waals surface area contributed by atoms with Crippen molar-refractivity contribution in [2.75, 3.05) is 6.61 Å². The molecule has 0 amide bonds. The van der Waals surface area contributed by atoms with E-state index in [1.807, 2.05) is 6.07 Å². The molecule has 0 saturated carbocycles. The van der Waals surface area contributed by atoms with E-state index in [0.29, 0.717) is 56.4 Å². The fourth-order valence-corrected chi connectivity index (χ4v) is 14.0. The van der Waals surface area contributed by atoms with Gasteiger partial charge in [0.15, 0.2) is 0 Å². The van der Waals surface area contributed by atoms with E-state index in [0.717, 1.165) is 56.9 Å². The van der Waals surface area contributed by atoms with Crippen LogP contribution in [-0.4, -0.2) is 145 Å². The predicted octanol–water partition coefficient (Wildman–Crippen LogP) is 7.61. The van der Waals surface area contributed by atoms with Gasteiger partial charge in [0.25, 0.3) is 0 Å². The van der Waals surface area contributed by atoms with Crippen LogP contribution in [0.3, 0.4) is 0 Å². The summed E-state index contributed by atoms with van der Waals surface area (Å²) in [6.07, 6.45) is 14.7. The molecule has 10 aliphatic heterocycles. The van der Waals surface area contributed by atoms with Gasteiger partial charge in [-0.25, -0.2) is 4.79 Å². The van der Waals surface area contributed by atoms with Gasteiger partial charge in [-0.2, -0.15) is 0 Å². The van der Waals surface area contributed by atoms with Gasteiger partial charge in [-0.15, -0.1) is 0 Å². The van der Waals surface area contributed by atoms with Gasteiger partial charge in [0.2, 0.25) is 0 Å². The summed E-state index contributed by atoms with van der Waals surface area (Å²) in [6.45, 7) is 13.1. The molecule has 22 atom stereocenters. The molecule has 0 radical (unpaired) electrons. The second-order valence-electron chi connectivity index (χ2n) is 23.1. The lowest BCUT2D eigenvalue weighted by Crippen LogP contribution is -2.65. The minimum absolute atomic E-state index is 0.0876. The Kier molecular flexibility index (Phi) is 14.3. The molecule has 14 nitrogen and oxygen atoms in total. The lowest BCUT2D eigenvalue weighted by atomic mass is 9.78. The molecule has 0 spiro atoms. The van der Waals surface area contributed by atoms with Crippen molar-refractivity contribution in [3.8, 4) is 0 Å². The highest BCUT2D eigenvalue weighted by Crippen LogP contribution is 2.48. The van der Waals surface area contributed by atoms with E-state index in [2.05, 4.69) is 58.6 Å². The molecular weight excluding hydrogens is 897 g/mol. The highest BCUT2D eigenvalue weighted by Gasteiger charge is 2.57. The van der Waals surface area contributed by atoms with Crippen LogP contribution >= 0.6 is 0 Å². The van der Waals surface area contributed by atoms with Gasteiger partial charge in [0, 0.05) is 25.7 Å². The summed E-state index contributed by atoms with van der Waals surface area (Å²) in [7, 11) is 0. The summed E-state index contributed by atoms with van der Waals surface area (Å²) < 4.78 is 74.2. The average Bonchev–Trinajstić information content (AvgIpc) is 3.62. The van der Waals surface area contributed by atoms with Crippen LogP contribution in [0.25, 0.3) is 0 Å². The molecule has 384 valence electrons. The van der Waals surface area contributed by atoms with Crippen LogP contribution in [0.5, 0.6) is 0 Å². The molecule has 10 aliphatic rings. The normalized spacial score (nSPS) is 48.0. The van der Waals surface area contributed by atoms with Crippen LogP contribution in [0.4, 0.5) is 0 Å². The summed E-state index contributed by atoms with van der Waals surface area (Å²) in [6, 6.07) is 8.91. The van der Waals surface area contributed by atoms with Crippen LogP contribution in [0.1, 0.15) is 134 Å². The minimum atomic E-state index is -0.720. The molecule has 10 unspecified atom stereocenters. The van der Waals surface area contributed by atoms with Crippen LogP contribution in [0, 0.1) is 11.8 Å². The molecule has 14 heteroatoms. The number of hydrogen-bond donors (Lipinski definition) is 1. The number of rotatable bonds is 5. The van der Waals surface area contributed by atoms with E-state index >= 15 is 0 Å². The fraction of sp³-hybridized carbons (Fsp3) is 0.750. The van der Waals surface area contributed by atoms with E-state index in [4.69, 9.17) is 52.1 Å². The second-order valence-corrected chi connectivity index (χ2v) is 23.1. The van der Waals surface area contributed by atoms with Gasteiger partial charge < -0.3 is 57.2 Å². The summed E-state index contributed by atoms with van der Waals surface area (Å²) in [5.74, 6) is -0.0736. The predicted molar refractivity (Wildman–Crippen MR) is 255 cm³/mol. The summed E-state index contributed by atoms with van der Waals surface area (Å²) >= 11 is 0. The molecule has 0 aromatic heterocycles. The first kappa shape index (κ1) is 49.2. The van der Waals surface area contributed by atoms with Crippen molar-refractivity contribution in [1.82, 2.24) is 0 Å². The van der Waals surface area contributed by atoms with Crippen LogP contribution in [0.15, 0.2) is 66.8 Å². The van der Waals surface area contributed by atoms with Crippen molar-refractivity contribution in [2.45, 2.75) is 245 Å². The summed E-state index contributed by atoms with van der Waals surface area (Å²) in [5, 5.41) is 11.5. The maximum atomic E-state index is 12.5. The van der Waals surface area contributed by atoms with Crippen molar-refractivity contribution in [3.63, 3.8) is 0 Å². The van der Waals surface area contributed by atoms with Gasteiger partial charge in [-0.1, -0.05) is 62.9 Å². The monoisotopic (exact) mass is 973 g/mol. The van der Waals surface area contributed by atoms with Crippen molar-refractivity contribution >= 4 is 11.9 Å². The number of fused-ring (bicyclic) bond motifs is 9. The Morgan fingerprint density at radius 3 is 2.26 bits per heavy atom. The Morgan fingerprint density at radius 2 is 1.41 bits per heavy atom. The zero-order valence-electron chi connectivity index (χ0n) is 41.5. The maximum absolute atomic E-state index is 12.5. The molecule has 11 rings (SSSR count). The zero-order valence-corrected chi connectivity index (χ0v) is 41.5. The average molecular weight is 973 g/mol. The number of ether oxygens (including phenoxy) is 11. The van der Waals surface area contributed by atoms with E-state index in [1.165, 1.54) is 0 Å². The van der Waals surface area contributed by atoms with Crippen LogP contribution in [0.2, 0.25) is 0 Å². The van der Waals surface area contributed by atoms with Gasteiger partial charge >= 0.3 is 11.9 Å². The minimum Gasteiger partial charge on any atom is -0.459 e. The molecule has 0 bridgehead atoms. The third-order valence-corrected chi connectivity index (χ3v) is 17.4. The quantitative estimate of drug-likeness (QED) is 0.227. The molecule has 10 heterocycles. The lowest BCUT2D eigenvalue weighted by Gasteiger charge is -2.55. The van der Waals surface area contributed by atoms with Gasteiger partial charge in [-0.3, -0.25) is 4.79 Å². The van der Waals surface area contributed by atoms with Gasteiger partial charge in [-0.05, 0) is 108 Å². The molecule has 0 aliphatic carbocycles. The number of benzene rings is 1.